The molecular formula is C15H17BrClN3. The lowest BCUT2D eigenvalue weighted by Gasteiger charge is -2.29. The van der Waals surface area contributed by atoms with Gasteiger partial charge in [0.15, 0.2) is 0 Å². The number of nitrogens with one attached hydrogen (secondary N) is 1. The SMILES string of the molecule is CN1CCC(Nc2ccc3cc(Br)cc(Cl)c3n2)CC1. The Morgan fingerprint density at radius 1 is 1.30 bits per heavy atom. The molecule has 1 fully saturated rings. The van der Waals surface area contributed by atoms with E-state index in [-0.39, 0.29) is 0 Å². The summed E-state index contributed by atoms with van der Waals surface area (Å²) in [5.41, 5.74) is 0.854. The fraction of sp³-hybridized carbons (Fsp3) is 0.400. The first kappa shape index (κ1) is 14.1. The molecule has 1 N–H and O–H groups in total. The maximum atomic E-state index is 6.27. The lowest BCUT2D eigenvalue weighted by molar-refractivity contribution is 0.263. The van der Waals surface area contributed by atoms with E-state index in [4.69, 9.17) is 11.6 Å². The van der Waals surface area contributed by atoms with Crippen LogP contribution in [0.3, 0.4) is 0 Å². The first-order valence-corrected chi connectivity index (χ1v) is 8.00. The van der Waals surface area contributed by atoms with E-state index in [1.54, 1.807) is 0 Å². The van der Waals surface area contributed by atoms with Crippen LogP contribution in [0.1, 0.15) is 12.8 Å². The van der Waals surface area contributed by atoms with Crippen molar-refractivity contribution in [3.63, 3.8) is 0 Å². The topological polar surface area (TPSA) is 28.2 Å². The van der Waals surface area contributed by atoms with Crippen LogP contribution >= 0.6 is 27.5 Å². The molecule has 2 aromatic rings. The van der Waals surface area contributed by atoms with E-state index in [0.717, 1.165) is 47.1 Å². The Balaban J connectivity index is 1.82. The van der Waals surface area contributed by atoms with Gasteiger partial charge in [0.2, 0.25) is 0 Å². The molecule has 2 heterocycles. The van der Waals surface area contributed by atoms with Crippen molar-refractivity contribution in [2.24, 2.45) is 0 Å². The maximum Gasteiger partial charge on any atom is 0.126 e. The van der Waals surface area contributed by atoms with E-state index in [1.165, 1.54) is 0 Å². The molecule has 20 heavy (non-hydrogen) atoms. The second-order valence-corrected chi connectivity index (χ2v) is 6.70. The molecule has 0 unspecified atom stereocenters. The zero-order valence-electron chi connectivity index (χ0n) is 11.4. The van der Waals surface area contributed by atoms with E-state index in [1.807, 2.05) is 18.2 Å². The number of benzene rings is 1. The predicted molar refractivity (Wildman–Crippen MR) is 88.6 cm³/mol. The summed E-state index contributed by atoms with van der Waals surface area (Å²) in [7, 11) is 2.17. The van der Waals surface area contributed by atoms with Gasteiger partial charge in [-0.2, -0.15) is 0 Å². The molecule has 1 aromatic carbocycles. The van der Waals surface area contributed by atoms with Crippen LogP contribution in [0.15, 0.2) is 28.7 Å². The van der Waals surface area contributed by atoms with Gasteiger partial charge in [-0.3, -0.25) is 0 Å². The molecule has 5 heteroatoms. The zero-order valence-corrected chi connectivity index (χ0v) is 13.7. The molecule has 106 valence electrons. The number of hydrogen-bond donors (Lipinski definition) is 1. The van der Waals surface area contributed by atoms with Crippen molar-refractivity contribution >= 4 is 44.3 Å². The quantitative estimate of drug-likeness (QED) is 0.878. The summed E-state index contributed by atoms with van der Waals surface area (Å²) in [6, 6.07) is 8.52. The molecule has 0 bridgehead atoms. The van der Waals surface area contributed by atoms with Gasteiger partial charge in [-0.05, 0) is 57.2 Å². The van der Waals surface area contributed by atoms with Gasteiger partial charge in [0.1, 0.15) is 5.82 Å². The smallest absolute Gasteiger partial charge is 0.126 e. The minimum Gasteiger partial charge on any atom is -0.367 e. The van der Waals surface area contributed by atoms with Gasteiger partial charge >= 0.3 is 0 Å². The van der Waals surface area contributed by atoms with Crippen molar-refractivity contribution in [2.45, 2.75) is 18.9 Å². The van der Waals surface area contributed by atoms with Crippen molar-refractivity contribution < 1.29 is 0 Å². The number of aromatic nitrogens is 1. The van der Waals surface area contributed by atoms with Gasteiger partial charge < -0.3 is 10.2 Å². The van der Waals surface area contributed by atoms with E-state index >= 15 is 0 Å². The van der Waals surface area contributed by atoms with E-state index < -0.39 is 0 Å². The summed E-state index contributed by atoms with van der Waals surface area (Å²) in [4.78, 5) is 7.01. The molecule has 0 spiro atoms. The molecule has 0 radical (unpaired) electrons. The van der Waals surface area contributed by atoms with Gasteiger partial charge in [0.05, 0.1) is 10.5 Å². The predicted octanol–water partition coefficient (Wildman–Crippen LogP) is 4.16. The molecule has 0 aliphatic carbocycles. The van der Waals surface area contributed by atoms with Crippen LogP contribution in [0, 0.1) is 0 Å². The first-order chi connectivity index (χ1) is 9.61. The third-order valence-corrected chi connectivity index (χ3v) is 4.53. The van der Waals surface area contributed by atoms with Crippen molar-refractivity contribution in [3.05, 3.63) is 33.8 Å². The number of rotatable bonds is 2. The van der Waals surface area contributed by atoms with Crippen LogP contribution in [0.25, 0.3) is 10.9 Å². The summed E-state index contributed by atoms with van der Waals surface area (Å²) in [5, 5.41) is 5.26. The Hall–Kier alpha value is -0.840. The lowest BCUT2D eigenvalue weighted by Crippen LogP contribution is -2.36. The molecule has 3 nitrogen and oxygen atoms in total. The highest BCUT2D eigenvalue weighted by Gasteiger charge is 2.16. The molecule has 0 amide bonds. The zero-order chi connectivity index (χ0) is 14.1. The fourth-order valence-electron chi connectivity index (χ4n) is 2.60. The molecule has 1 saturated heterocycles. The van der Waals surface area contributed by atoms with Gasteiger partial charge in [0.25, 0.3) is 0 Å². The number of pyridine rings is 1. The molecule has 0 atom stereocenters. The summed E-state index contributed by atoms with van der Waals surface area (Å²) >= 11 is 9.72. The Morgan fingerprint density at radius 2 is 2.05 bits per heavy atom. The second kappa shape index (κ2) is 5.88. The first-order valence-electron chi connectivity index (χ1n) is 6.83. The largest absolute Gasteiger partial charge is 0.367 e. The van der Waals surface area contributed by atoms with Gasteiger partial charge in [0, 0.05) is 15.9 Å². The number of halogens is 2. The van der Waals surface area contributed by atoms with Crippen LogP contribution in [-0.2, 0) is 0 Å². The highest BCUT2D eigenvalue weighted by Crippen LogP contribution is 2.28. The van der Waals surface area contributed by atoms with Crippen molar-refractivity contribution in [1.29, 1.82) is 0 Å². The average Bonchev–Trinajstić information content (AvgIpc) is 2.42. The Kier molecular flexibility index (Phi) is 4.15. The summed E-state index contributed by atoms with van der Waals surface area (Å²) in [5.74, 6) is 0.913. The van der Waals surface area contributed by atoms with Gasteiger partial charge in [-0.25, -0.2) is 4.98 Å². The van der Waals surface area contributed by atoms with Gasteiger partial charge in [-0.15, -0.1) is 0 Å². The summed E-state index contributed by atoms with van der Waals surface area (Å²) < 4.78 is 0.979. The fourth-order valence-corrected chi connectivity index (χ4v) is 3.48. The molecule has 0 saturated carbocycles. The number of anilines is 1. The highest BCUT2D eigenvalue weighted by atomic mass is 79.9. The lowest BCUT2D eigenvalue weighted by atomic mass is 10.1. The van der Waals surface area contributed by atoms with Crippen LogP contribution in [-0.4, -0.2) is 36.1 Å². The van der Waals surface area contributed by atoms with Gasteiger partial charge in [-0.1, -0.05) is 27.5 Å². The van der Waals surface area contributed by atoms with E-state index in [0.29, 0.717) is 11.1 Å². The highest BCUT2D eigenvalue weighted by molar-refractivity contribution is 9.10. The minimum atomic E-state index is 0.505. The number of fused-ring (bicyclic) bond motifs is 1. The molecular weight excluding hydrogens is 338 g/mol. The molecule has 1 aliphatic rings. The number of hydrogen-bond acceptors (Lipinski definition) is 3. The van der Waals surface area contributed by atoms with Crippen LogP contribution in [0.2, 0.25) is 5.02 Å². The van der Waals surface area contributed by atoms with E-state index in [2.05, 4.69) is 44.2 Å². The summed E-state index contributed by atoms with van der Waals surface area (Å²) in [6.45, 7) is 2.28. The standard InChI is InChI=1S/C15H17BrClN3/c1-20-6-4-12(5-7-20)18-14-3-2-10-8-11(16)9-13(17)15(10)19-14/h2-3,8-9,12H,4-7H2,1H3,(H,18,19). The number of piperidine rings is 1. The number of nitrogens with zero attached hydrogens (tertiary/aromatic N) is 2. The Morgan fingerprint density at radius 3 is 2.80 bits per heavy atom. The van der Waals surface area contributed by atoms with Crippen molar-refractivity contribution in [2.75, 3.05) is 25.5 Å². The maximum absolute atomic E-state index is 6.27. The van der Waals surface area contributed by atoms with Crippen LogP contribution in [0.5, 0.6) is 0 Å². The van der Waals surface area contributed by atoms with Crippen molar-refractivity contribution in [3.8, 4) is 0 Å². The summed E-state index contributed by atoms with van der Waals surface area (Å²) in [6.07, 6.45) is 2.31. The Bertz CT molecular complexity index is 624. The van der Waals surface area contributed by atoms with Crippen LogP contribution < -0.4 is 5.32 Å². The van der Waals surface area contributed by atoms with Crippen molar-refractivity contribution in [1.82, 2.24) is 9.88 Å². The Labute approximate surface area is 132 Å². The molecule has 1 aliphatic heterocycles. The second-order valence-electron chi connectivity index (χ2n) is 5.38. The third kappa shape index (κ3) is 3.08. The normalized spacial score (nSPS) is 17.6. The monoisotopic (exact) mass is 353 g/mol. The average molecular weight is 355 g/mol. The molecule has 3 rings (SSSR count). The van der Waals surface area contributed by atoms with E-state index in [9.17, 15) is 0 Å². The minimum absolute atomic E-state index is 0.505. The molecule has 1 aromatic heterocycles. The number of likely N-dealkylation sites (tertiary alicyclic amines) is 1. The van der Waals surface area contributed by atoms with Crippen LogP contribution in [0.4, 0.5) is 5.82 Å². The third-order valence-electron chi connectivity index (χ3n) is 3.78.